The average Bonchev–Trinajstić information content (AvgIpc) is 2.54. The van der Waals surface area contributed by atoms with Crippen LogP contribution in [0.5, 0.6) is 5.75 Å². The molecular weight excluding hydrogens is 318 g/mol. The van der Waals surface area contributed by atoms with Gasteiger partial charge in [0, 0.05) is 12.3 Å². The fraction of sp³-hybridized carbons (Fsp3) is 0.267. The third-order valence-electron chi connectivity index (χ3n) is 2.74. The van der Waals surface area contributed by atoms with E-state index >= 15 is 0 Å². The molecule has 1 heterocycles. The molecule has 2 aromatic rings. The first-order valence-corrected chi connectivity index (χ1v) is 8.47. The molecule has 1 aromatic heterocycles. The van der Waals surface area contributed by atoms with Crippen LogP contribution in [0.4, 0.5) is 10.6 Å². The van der Waals surface area contributed by atoms with Crippen molar-refractivity contribution < 1.29 is 18.5 Å². The number of rotatable bonds is 6. The van der Waals surface area contributed by atoms with E-state index in [0.29, 0.717) is 12.4 Å². The first-order chi connectivity index (χ1) is 11.1. The minimum atomic E-state index is -1.33. The van der Waals surface area contributed by atoms with Gasteiger partial charge >= 0.3 is 6.09 Å². The Balaban J connectivity index is 2.00. The summed E-state index contributed by atoms with van der Waals surface area (Å²) in [7, 11) is -1.33. The highest BCUT2D eigenvalue weighted by molar-refractivity contribution is 7.84. The highest BCUT2D eigenvalue weighted by Gasteiger charge is 2.13. The summed E-state index contributed by atoms with van der Waals surface area (Å²) in [5.41, 5.74) is 0.875. The van der Waals surface area contributed by atoms with Gasteiger partial charge in [0.15, 0.2) is 16.6 Å². The molecular formula is C15H17N3O4S. The number of nitrogens with one attached hydrogen (secondary N) is 1. The van der Waals surface area contributed by atoms with Crippen LogP contribution in [0.15, 0.2) is 41.4 Å². The Morgan fingerprint density at radius 2 is 2.00 bits per heavy atom. The molecule has 0 fully saturated rings. The third kappa shape index (κ3) is 5.03. The van der Waals surface area contributed by atoms with E-state index in [2.05, 4.69) is 15.5 Å². The Hall–Kier alpha value is -2.48. The van der Waals surface area contributed by atoms with Crippen molar-refractivity contribution in [3.63, 3.8) is 0 Å². The van der Waals surface area contributed by atoms with E-state index in [1.54, 1.807) is 6.92 Å². The number of ether oxygens (including phenoxy) is 2. The van der Waals surface area contributed by atoms with E-state index < -0.39 is 16.9 Å². The zero-order chi connectivity index (χ0) is 16.7. The largest absolute Gasteiger partial charge is 0.491 e. The lowest BCUT2D eigenvalue weighted by molar-refractivity contribution is 0.155. The Kier molecular flexibility index (Phi) is 6.04. The summed E-state index contributed by atoms with van der Waals surface area (Å²) < 4.78 is 22.0. The topological polar surface area (TPSA) is 90.4 Å². The standard InChI is InChI=1S/C15H17N3O4S/c1-3-21-12-9-13(17-18-14(12)23(2)20)16-15(19)22-10-11-7-5-4-6-8-11/h4-9H,3,10H2,1-2H3,(H,16,17,19). The third-order valence-corrected chi connectivity index (χ3v) is 3.57. The second-order valence-corrected chi connectivity index (χ2v) is 5.77. The van der Waals surface area contributed by atoms with Crippen molar-refractivity contribution in [3.8, 4) is 5.75 Å². The summed E-state index contributed by atoms with van der Waals surface area (Å²) in [6, 6.07) is 10.8. The average molecular weight is 335 g/mol. The van der Waals surface area contributed by atoms with Gasteiger partial charge in [-0.3, -0.25) is 9.53 Å². The molecule has 0 saturated carbocycles. The molecule has 0 aliphatic carbocycles. The predicted octanol–water partition coefficient (Wildman–Crippen LogP) is 2.36. The van der Waals surface area contributed by atoms with Crippen LogP contribution in [0.2, 0.25) is 0 Å². The van der Waals surface area contributed by atoms with E-state index in [1.807, 2.05) is 30.3 Å². The Morgan fingerprint density at radius 3 is 2.65 bits per heavy atom. The van der Waals surface area contributed by atoms with E-state index in [4.69, 9.17) is 9.47 Å². The van der Waals surface area contributed by atoms with Crippen LogP contribution in [0.25, 0.3) is 0 Å². The molecule has 0 bridgehead atoms. The van der Waals surface area contributed by atoms with E-state index in [-0.39, 0.29) is 17.5 Å². The van der Waals surface area contributed by atoms with Gasteiger partial charge in [-0.05, 0) is 12.5 Å². The fourth-order valence-electron chi connectivity index (χ4n) is 1.75. The number of anilines is 1. The number of hydrogen-bond donors (Lipinski definition) is 1. The van der Waals surface area contributed by atoms with Crippen LogP contribution in [0.1, 0.15) is 12.5 Å². The Labute approximate surface area is 136 Å². The first-order valence-electron chi connectivity index (χ1n) is 6.91. The number of amides is 1. The van der Waals surface area contributed by atoms with Crippen LogP contribution < -0.4 is 10.1 Å². The lowest BCUT2D eigenvalue weighted by Crippen LogP contribution is -2.15. The molecule has 0 spiro atoms. The monoisotopic (exact) mass is 335 g/mol. The predicted molar refractivity (Wildman–Crippen MR) is 85.8 cm³/mol. The highest BCUT2D eigenvalue weighted by atomic mass is 32.2. The van der Waals surface area contributed by atoms with Crippen LogP contribution in [0, 0.1) is 0 Å². The van der Waals surface area contributed by atoms with Gasteiger partial charge in [-0.2, -0.15) is 0 Å². The van der Waals surface area contributed by atoms with Gasteiger partial charge in [0.05, 0.1) is 17.4 Å². The Morgan fingerprint density at radius 1 is 1.26 bits per heavy atom. The van der Waals surface area contributed by atoms with Crippen molar-refractivity contribution in [3.05, 3.63) is 42.0 Å². The molecule has 7 nitrogen and oxygen atoms in total. The van der Waals surface area contributed by atoms with Gasteiger partial charge < -0.3 is 9.47 Å². The summed E-state index contributed by atoms with van der Waals surface area (Å²) in [5, 5.41) is 10.3. The number of hydrogen-bond acceptors (Lipinski definition) is 6. The van der Waals surface area contributed by atoms with Crippen LogP contribution in [-0.2, 0) is 22.1 Å². The highest BCUT2D eigenvalue weighted by Crippen LogP contribution is 2.21. The van der Waals surface area contributed by atoms with E-state index in [9.17, 15) is 9.00 Å². The SMILES string of the molecule is CCOc1cc(NC(=O)OCc2ccccc2)nnc1S(C)=O. The van der Waals surface area contributed by atoms with Gasteiger partial charge in [-0.1, -0.05) is 30.3 Å². The molecule has 1 aromatic carbocycles. The number of carbonyl (C=O) groups excluding carboxylic acids is 1. The quantitative estimate of drug-likeness (QED) is 0.871. The molecule has 1 unspecified atom stereocenters. The van der Waals surface area contributed by atoms with Gasteiger partial charge in [-0.25, -0.2) is 4.79 Å². The number of nitrogens with zero attached hydrogens (tertiary/aromatic N) is 2. The molecule has 8 heteroatoms. The smallest absolute Gasteiger partial charge is 0.413 e. The van der Waals surface area contributed by atoms with Crippen molar-refractivity contribution in [1.29, 1.82) is 0 Å². The maximum Gasteiger partial charge on any atom is 0.413 e. The summed E-state index contributed by atoms with van der Waals surface area (Å²) in [4.78, 5) is 11.8. The van der Waals surface area contributed by atoms with Crippen molar-refractivity contribution >= 4 is 22.7 Å². The zero-order valence-corrected chi connectivity index (χ0v) is 13.6. The van der Waals surface area contributed by atoms with Crippen LogP contribution >= 0.6 is 0 Å². The number of aromatic nitrogens is 2. The van der Waals surface area contributed by atoms with E-state index in [1.165, 1.54) is 12.3 Å². The van der Waals surface area contributed by atoms with Crippen molar-refractivity contribution in [2.24, 2.45) is 0 Å². The van der Waals surface area contributed by atoms with Gasteiger partial charge in [0.1, 0.15) is 6.61 Å². The second kappa shape index (κ2) is 8.23. The van der Waals surface area contributed by atoms with Crippen molar-refractivity contribution in [2.75, 3.05) is 18.2 Å². The Bertz CT molecular complexity index is 694. The van der Waals surface area contributed by atoms with Gasteiger partial charge in [-0.15, -0.1) is 10.2 Å². The summed E-state index contributed by atoms with van der Waals surface area (Å²) in [5.74, 6) is 0.488. The molecule has 1 amide bonds. The maximum absolute atomic E-state index is 11.8. The second-order valence-electron chi connectivity index (χ2n) is 4.47. The molecule has 2 rings (SSSR count). The van der Waals surface area contributed by atoms with E-state index in [0.717, 1.165) is 5.56 Å². The lowest BCUT2D eigenvalue weighted by Gasteiger charge is -2.09. The lowest BCUT2D eigenvalue weighted by atomic mass is 10.2. The molecule has 23 heavy (non-hydrogen) atoms. The summed E-state index contributed by atoms with van der Waals surface area (Å²) >= 11 is 0. The molecule has 1 N–H and O–H groups in total. The molecule has 0 saturated heterocycles. The number of carbonyl (C=O) groups is 1. The van der Waals surface area contributed by atoms with Gasteiger partial charge in [0.2, 0.25) is 0 Å². The molecule has 0 aliphatic rings. The normalized spacial score (nSPS) is 11.6. The molecule has 122 valence electrons. The summed E-state index contributed by atoms with van der Waals surface area (Å²) in [6.45, 7) is 2.33. The maximum atomic E-state index is 11.8. The molecule has 1 atom stereocenters. The minimum Gasteiger partial charge on any atom is -0.491 e. The molecule has 0 radical (unpaired) electrons. The minimum absolute atomic E-state index is 0.148. The van der Waals surface area contributed by atoms with Crippen LogP contribution in [-0.4, -0.2) is 33.4 Å². The fourth-order valence-corrected chi connectivity index (χ4v) is 2.30. The van der Waals surface area contributed by atoms with Crippen molar-refractivity contribution in [1.82, 2.24) is 10.2 Å². The van der Waals surface area contributed by atoms with Crippen molar-refractivity contribution in [2.45, 2.75) is 18.6 Å². The van der Waals surface area contributed by atoms with Gasteiger partial charge in [0.25, 0.3) is 0 Å². The zero-order valence-electron chi connectivity index (χ0n) is 12.8. The number of benzene rings is 1. The van der Waals surface area contributed by atoms with Crippen LogP contribution in [0.3, 0.4) is 0 Å². The summed E-state index contributed by atoms with van der Waals surface area (Å²) in [6.07, 6.45) is 0.823. The first kappa shape index (κ1) is 16.9. The molecule has 0 aliphatic heterocycles.